The number of nitrogens with one attached hydrogen (secondary N) is 1. The number of carbonyl (C=O) groups excluding carboxylic acids is 2. The van der Waals surface area contributed by atoms with Crippen molar-refractivity contribution in [1.29, 1.82) is 0 Å². The molecule has 3 atom stereocenters. The fourth-order valence-electron chi connectivity index (χ4n) is 7.87. The zero-order valence-corrected chi connectivity index (χ0v) is 25.4. The van der Waals surface area contributed by atoms with E-state index in [1.807, 2.05) is 39.9 Å². The van der Waals surface area contributed by atoms with E-state index in [4.69, 9.17) is 20.6 Å². The summed E-state index contributed by atoms with van der Waals surface area (Å²) in [4.78, 5) is 32.9. The zero-order chi connectivity index (χ0) is 30.6. The maximum Gasteiger partial charge on any atom is 0.255 e. The van der Waals surface area contributed by atoms with Gasteiger partial charge in [-0.3, -0.25) is 9.59 Å². The third-order valence-corrected chi connectivity index (χ3v) is 10.5. The summed E-state index contributed by atoms with van der Waals surface area (Å²) in [5.41, 5.74) is 15.2. The van der Waals surface area contributed by atoms with Crippen molar-refractivity contribution in [2.24, 2.45) is 17.6 Å². The minimum atomic E-state index is -0.0221. The molecule has 228 valence electrons. The number of ether oxygens (including phenoxy) is 1. The summed E-state index contributed by atoms with van der Waals surface area (Å²) < 4.78 is 9.98. The first-order valence-corrected chi connectivity index (χ1v) is 15.9. The average molecular weight is 602 g/mol. The first kappa shape index (κ1) is 26.7. The van der Waals surface area contributed by atoms with Gasteiger partial charge < -0.3 is 25.3 Å². The van der Waals surface area contributed by atoms with Crippen LogP contribution in [0.5, 0.6) is 5.75 Å². The monoisotopic (exact) mass is 601 g/mol. The molecule has 6 heterocycles. The van der Waals surface area contributed by atoms with E-state index < -0.39 is 0 Å². The molecule has 2 bridgehead atoms. The summed E-state index contributed by atoms with van der Waals surface area (Å²) in [5.74, 6) is 1.58. The van der Waals surface area contributed by atoms with E-state index >= 15 is 0 Å². The average Bonchev–Trinajstić information content (AvgIpc) is 3.26. The molecule has 2 amide bonds. The van der Waals surface area contributed by atoms with Gasteiger partial charge in [0.05, 0.1) is 24.1 Å². The van der Waals surface area contributed by atoms with Crippen LogP contribution in [0.3, 0.4) is 0 Å². The number of fused-ring (bicyclic) bond motifs is 5. The molecule has 3 N–H and O–H groups in total. The highest BCUT2D eigenvalue weighted by molar-refractivity contribution is 5.99. The van der Waals surface area contributed by atoms with Gasteiger partial charge >= 0.3 is 0 Å². The Balaban J connectivity index is 1.15. The number of pyridine rings is 2. The molecule has 0 radical (unpaired) electrons. The minimum absolute atomic E-state index is 0.0150. The molecule has 5 aromatic rings. The van der Waals surface area contributed by atoms with Crippen LogP contribution in [0.15, 0.2) is 48.7 Å². The van der Waals surface area contributed by atoms with Gasteiger partial charge in [0, 0.05) is 60.0 Å². The van der Waals surface area contributed by atoms with Gasteiger partial charge in [-0.1, -0.05) is 6.07 Å². The predicted molar refractivity (Wildman–Crippen MR) is 170 cm³/mol. The summed E-state index contributed by atoms with van der Waals surface area (Å²) in [6.07, 6.45) is 6.31. The van der Waals surface area contributed by atoms with Crippen molar-refractivity contribution in [3.05, 3.63) is 70.9 Å². The molecule has 4 aliphatic rings. The normalized spacial score (nSPS) is 22.1. The third kappa shape index (κ3) is 4.04. The lowest BCUT2D eigenvalue weighted by molar-refractivity contribution is 0.0699. The highest BCUT2D eigenvalue weighted by Gasteiger charge is 2.47. The van der Waals surface area contributed by atoms with Gasteiger partial charge in [-0.25, -0.2) is 9.50 Å². The molecular weight excluding hydrogens is 566 g/mol. The number of rotatable bonds is 6. The molecule has 3 fully saturated rings. The SMILES string of the molecule is COc1cc(C(=O)N2CC3CCC2[C@@H]3N)cn2nc(-c3cc4ccc(-c5ccc6c(c5)CNC6=O)nc4n3CC3CC3)c(C)c12. The van der Waals surface area contributed by atoms with E-state index in [9.17, 15) is 9.59 Å². The minimum Gasteiger partial charge on any atom is -0.494 e. The van der Waals surface area contributed by atoms with Gasteiger partial charge in [-0.2, -0.15) is 5.10 Å². The highest BCUT2D eigenvalue weighted by Crippen LogP contribution is 2.40. The number of nitrogens with two attached hydrogens (primary N) is 1. The zero-order valence-electron chi connectivity index (χ0n) is 25.4. The van der Waals surface area contributed by atoms with Crippen molar-refractivity contribution in [2.45, 2.75) is 57.8 Å². The Morgan fingerprint density at radius 3 is 2.73 bits per heavy atom. The first-order valence-electron chi connectivity index (χ1n) is 15.9. The molecule has 9 rings (SSSR count). The number of amides is 2. The van der Waals surface area contributed by atoms with Gasteiger partial charge in [-0.15, -0.1) is 0 Å². The maximum atomic E-state index is 13.7. The fourth-order valence-corrected chi connectivity index (χ4v) is 7.87. The van der Waals surface area contributed by atoms with Crippen LogP contribution >= 0.6 is 0 Å². The molecule has 2 unspecified atom stereocenters. The van der Waals surface area contributed by atoms with E-state index in [1.54, 1.807) is 7.11 Å². The molecule has 10 heteroatoms. The lowest BCUT2D eigenvalue weighted by atomic mass is 10.0. The molecule has 0 spiro atoms. The number of aromatic nitrogens is 4. The molecule has 2 saturated carbocycles. The summed E-state index contributed by atoms with van der Waals surface area (Å²) in [6, 6.07) is 14.3. The van der Waals surface area contributed by atoms with Gasteiger partial charge in [0.15, 0.2) is 0 Å². The van der Waals surface area contributed by atoms with Gasteiger partial charge in [0.25, 0.3) is 11.8 Å². The number of carbonyl (C=O) groups is 2. The second-order valence-electron chi connectivity index (χ2n) is 13.3. The second-order valence-corrected chi connectivity index (χ2v) is 13.3. The standard InChI is InChI=1S/C35H35N7O3/c1-18-31(39-42-17-24(13-29(45-2)32(18)42)35(44)41-16-22-7-10-27(41)30(22)36)28-12-21-6-9-26(38-33(21)40(28)15-19-3-4-19)20-5-8-25-23(11-20)14-37-34(25)43/h5-6,8-9,11-13,17,19,22,27,30H,3-4,7,10,14-16,36H2,1-2H3,(H,37,43)/t22?,27?,30-/m1/s1. The number of likely N-dealkylation sites (tertiary alicyclic amines) is 1. The van der Waals surface area contributed by atoms with Crippen molar-refractivity contribution < 1.29 is 14.3 Å². The quantitative estimate of drug-likeness (QED) is 0.295. The molecule has 2 aliphatic carbocycles. The largest absolute Gasteiger partial charge is 0.494 e. The fraction of sp³-hybridized carbons (Fsp3) is 0.371. The molecule has 1 saturated heterocycles. The van der Waals surface area contributed by atoms with Crippen molar-refractivity contribution >= 4 is 28.4 Å². The van der Waals surface area contributed by atoms with Crippen LogP contribution in [-0.4, -0.2) is 61.6 Å². The van der Waals surface area contributed by atoms with Gasteiger partial charge in [0.2, 0.25) is 0 Å². The highest BCUT2D eigenvalue weighted by atomic mass is 16.5. The van der Waals surface area contributed by atoms with E-state index in [0.717, 1.165) is 75.3 Å². The number of nitrogens with zero attached hydrogens (tertiary/aromatic N) is 5. The van der Waals surface area contributed by atoms with Crippen molar-refractivity contribution in [3.8, 4) is 28.4 Å². The van der Waals surface area contributed by atoms with Crippen LogP contribution in [0.1, 0.15) is 57.5 Å². The summed E-state index contributed by atoms with van der Waals surface area (Å²) in [6.45, 7) is 4.19. The van der Waals surface area contributed by atoms with Gasteiger partial charge in [-0.05, 0) is 86.4 Å². The molecule has 4 aromatic heterocycles. The third-order valence-electron chi connectivity index (χ3n) is 10.5. The molecule has 1 aromatic carbocycles. The van der Waals surface area contributed by atoms with E-state index in [0.29, 0.717) is 36.2 Å². The van der Waals surface area contributed by atoms with Crippen LogP contribution in [0.4, 0.5) is 0 Å². The van der Waals surface area contributed by atoms with Gasteiger partial charge in [0.1, 0.15) is 22.6 Å². The van der Waals surface area contributed by atoms with Crippen LogP contribution in [0.25, 0.3) is 39.2 Å². The number of aryl methyl sites for hydroxylation is 1. The lowest BCUT2D eigenvalue weighted by Crippen LogP contribution is -2.41. The predicted octanol–water partition coefficient (Wildman–Crippen LogP) is 4.55. The Hall–Kier alpha value is -4.70. The Labute approximate surface area is 260 Å². The van der Waals surface area contributed by atoms with Crippen LogP contribution in [-0.2, 0) is 13.1 Å². The Morgan fingerprint density at radius 1 is 1.11 bits per heavy atom. The molecule has 45 heavy (non-hydrogen) atoms. The Bertz CT molecular complexity index is 2070. The number of piperidine rings is 1. The summed E-state index contributed by atoms with van der Waals surface area (Å²) in [5, 5.41) is 9.04. The van der Waals surface area contributed by atoms with Crippen molar-refractivity contribution in [3.63, 3.8) is 0 Å². The second kappa shape index (κ2) is 9.65. The maximum absolute atomic E-state index is 13.7. The van der Waals surface area contributed by atoms with Crippen LogP contribution in [0.2, 0.25) is 0 Å². The van der Waals surface area contributed by atoms with E-state index in [2.05, 4.69) is 35.0 Å². The summed E-state index contributed by atoms with van der Waals surface area (Å²) in [7, 11) is 1.64. The molecule has 10 nitrogen and oxygen atoms in total. The molecular formula is C35H35N7O3. The Morgan fingerprint density at radius 2 is 1.98 bits per heavy atom. The Kier molecular flexibility index (Phi) is 5.72. The number of hydrogen-bond donors (Lipinski definition) is 2. The van der Waals surface area contributed by atoms with Crippen LogP contribution in [0, 0.1) is 18.8 Å². The topological polar surface area (TPSA) is 120 Å². The number of benzene rings is 1. The van der Waals surface area contributed by atoms with E-state index in [-0.39, 0.29) is 23.9 Å². The summed E-state index contributed by atoms with van der Waals surface area (Å²) >= 11 is 0. The van der Waals surface area contributed by atoms with Crippen LogP contribution < -0.4 is 15.8 Å². The van der Waals surface area contributed by atoms with Crippen molar-refractivity contribution in [1.82, 2.24) is 29.4 Å². The van der Waals surface area contributed by atoms with Crippen molar-refractivity contribution in [2.75, 3.05) is 13.7 Å². The smallest absolute Gasteiger partial charge is 0.255 e. The first-order chi connectivity index (χ1) is 21.9. The molecule has 2 aliphatic heterocycles. The van der Waals surface area contributed by atoms with E-state index in [1.165, 1.54) is 12.8 Å². The lowest BCUT2D eigenvalue weighted by Gasteiger charge is -2.27. The number of methoxy groups -OCH3 is 1. The number of hydrogen-bond acceptors (Lipinski definition) is 6.